The van der Waals surface area contributed by atoms with E-state index >= 15 is 0 Å². The SMILES string of the molecule is CCCCCCCC(=O)Oc1ccc(N2C(=O)[C@@H]3C[C@@H](Br)[C@@H](Br)C[C@H]3C2=O)cc1. The molecule has 0 spiro atoms. The number of benzene rings is 1. The average Bonchev–Trinajstić information content (AvgIpc) is 2.93. The van der Waals surface area contributed by atoms with Gasteiger partial charge in [-0.3, -0.25) is 19.3 Å². The lowest BCUT2D eigenvalue weighted by atomic mass is 9.81. The molecule has 29 heavy (non-hydrogen) atoms. The van der Waals surface area contributed by atoms with E-state index in [2.05, 4.69) is 38.8 Å². The van der Waals surface area contributed by atoms with Crippen LogP contribution >= 0.6 is 31.9 Å². The second-order valence-electron chi connectivity index (χ2n) is 7.86. The Bertz CT molecular complexity index is 724. The van der Waals surface area contributed by atoms with E-state index in [1.165, 1.54) is 17.7 Å². The summed E-state index contributed by atoms with van der Waals surface area (Å²) in [5, 5.41) is 0. The number of unbranched alkanes of at least 4 members (excludes halogenated alkanes) is 4. The smallest absolute Gasteiger partial charge is 0.311 e. The Hall–Kier alpha value is -1.21. The number of hydrogen-bond acceptors (Lipinski definition) is 4. The van der Waals surface area contributed by atoms with E-state index in [0.29, 0.717) is 30.7 Å². The van der Waals surface area contributed by atoms with Crippen molar-refractivity contribution >= 4 is 55.3 Å². The number of imide groups is 1. The van der Waals surface area contributed by atoms with Gasteiger partial charge in [-0.1, -0.05) is 64.5 Å². The third-order valence-electron chi connectivity index (χ3n) is 5.72. The summed E-state index contributed by atoms with van der Waals surface area (Å²) in [7, 11) is 0. The van der Waals surface area contributed by atoms with Crippen LogP contribution in [0.2, 0.25) is 0 Å². The fraction of sp³-hybridized carbons (Fsp3) is 0.591. The maximum absolute atomic E-state index is 12.8. The lowest BCUT2D eigenvalue weighted by Gasteiger charge is -2.29. The van der Waals surface area contributed by atoms with Crippen molar-refractivity contribution in [3.05, 3.63) is 24.3 Å². The zero-order valence-electron chi connectivity index (χ0n) is 16.6. The molecule has 1 aromatic rings. The zero-order valence-corrected chi connectivity index (χ0v) is 19.8. The van der Waals surface area contributed by atoms with Gasteiger partial charge >= 0.3 is 5.97 Å². The summed E-state index contributed by atoms with van der Waals surface area (Å²) in [5.74, 6) is -0.636. The molecule has 2 amide bonds. The third-order valence-corrected chi connectivity index (χ3v) is 8.46. The van der Waals surface area contributed by atoms with E-state index in [0.717, 1.165) is 19.3 Å². The average molecular weight is 529 g/mol. The molecule has 5 nitrogen and oxygen atoms in total. The van der Waals surface area contributed by atoms with Crippen molar-refractivity contribution in [1.29, 1.82) is 0 Å². The maximum Gasteiger partial charge on any atom is 0.311 e. The lowest BCUT2D eigenvalue weighted by molar-refractivity contribution is -0.134. The van der Waals surface area contributed by atoms with Crippen molar-refractivity contribution in [1.82, 2.24) is 0 Å². The minimum absolute atomic E-state index is 0.138. The molecule has 1 aromatic carbocycles. The second kappa shape index (κ2) is 10.2. The number of hydrogen-bond donors (Lipinski definition) is 0. The van der Waals surface area contributed by atoms with Gasteiger partial charge in [0.05, 0.1) is 17.5 Å². The fourth-order valence-corrected chi connectivity index (χ4v) is 5.31. The molecule has 0 unspecified atom stereocenters. The van der Waals surface area contributed by atoms with E-state index in [4.69, 9.17) is 4.74 Å². The van der Waals surface area contributed by atoms with Crippen LogP contribution < -0.4 is 9.64 Å². The summed E-state index contributed by atoms with van der Waals surface area (Å²) in [6, 6.07) is 6.64. The van der Waals surface area contributed by atoms with Gasteiger partial charge in [0.25, 0.3) is 0 Å². The van der Waals surface area contributed by atoms with Gasteiger partial charge in [-0.05, 0) is 43.5 Å². The molecule has 3 rings (SSSR count). The van der Waals surface area contributed by atoms with Gasteiger partial charge in [0, 0.05) is 16.1 Å². The van der Waals surface area contributed by atoms with Gasteiger partial charge in [-0.2, -0.15) is 0 Å². The van der Waals surface area contributed by atoms with E-state index < -0.39 is 0 Å². The number of nitrogens with zero attached hydrogens (tertiary/aromatic N) is 1. The van der Waals surface area contributed by atoms with Crippen LogP contribution in [-0.4, -0.2) is 27.4 Å². The number of carbonyl (C=O) groups excluding carboxylic acids is 3. The molecule has 1 heterocycles. The highest BCUT2D eigenvalue weighted by atomic mass is 79.9. The Labute approximate surface area is 188 Å². The third kappa shape index (κ3) is 5.29. The van der Waals surface area contributed by atoms with Crippen LogP contribution in [0, 0.1) is 11.8 Å². The molecule has 0 N–H and O–H groups in total. The summed E-state index contributed by atoms with van der Waals surface area (Å²) < 4.78 is 5.38. The Balaban J connectivity index is 1.58. The van der Waals surface area contributed by atoms with Crippen molar-refractivity contribution in [2.45, 2.75) is 67.9 Å². The number of alkyl halides is 2. The Morgan fingerprint density at radius 1 is 0.966 bits per heavy atom. The van der Waals surface area contributed by atoms with E-state index in [9.17, 15) is 14.4 Å². The van der Waals surface area contributed by atoms with Gasteiger partial charge in [0.1, 0.15) is 5.75 Å². The van der Waals surface area contributed by atoms with E-state index in [1.807, 2.05) is 0 Å². The number of amides is 2. The van der Waals surface area contributed by atoms with Crippen LogP contribution in [0.25, 0.3) is 0 Å². The quantitative estimate of drug-likeness (QED) is 0.149. The number of fused-ring (bicyclic) bond motifs is 1. The Kier molecular flexibility index (Phi) is 7.91. The number of ether oxygens (including phenoxy) is 1. The largest absolute Gasteiger partial charge is 0.427 e. The highest BCUT2D eigenvalue weighted by molar-refractivity contribution is 9.12. The number of esters is 1. The molecule has 0 aromatic heterocycles. The van der Waals surface area contributed by atoms with Gasteiger partial charge < -0.3 is 4.74 Å². The molecule has 0 bridgehead atoms. The molecule has 1 aliphatic heterocycles. The first-order valence-corrected chi connectivity index (χ1v) is 12.2. The molecular weight excluding hydrogens is 502 g/mol. The second-order valence-corrected chi connectivity index (χ2v) is 10.2. The maximum atomic E-state index is 12.8. The molecule has 4 atom stereocenters. The highest BCUT2D eigenvalue weighted by Crippen LogP contribution is 2.44. The topological polar surface area (TPSA) is 63.7 Å². The van der Waals surface area contributed by atoms with Crippen molar-refractivity contribution in [2.75, 3.05) is 4.90 Å². The van der Waals surface area contributed by atoms with Crippen molar-refractivity contribution in [3.63, 3.8) is 0 Å². The molecule has 158 valence electrons. The zero-order chi connectivity index (χ0) is 21.0. The Morgan fingerprint density at radius 2 is 1.52 bits per heavy atom. The minimum Gasteiger partial charge on any atom is -0.427 e. The van der Waals surface area contributed by atoms with Gasteiger partial charge in [0.2, 0.25) is 11.8 Å². The molecule has 2 fully saturated rings. The highest BCUT2D eigenvalue weighted by Gasteiger charge is 2.52. The van der Waals surface area contributed by atoms with Crippen LogP contribution in [0.3, 0.4) is 0 Å². The van der Waals surface area contributed by atoms with Crippen LogP contribution in [0.15, 0.2) is 24.3 Å². The molecule has 7 heteroatoms. The van der Waals surface area contributed by atoms with Crippen molar-refractivity contribution < 1.29 is 19.1 Å². The van der Waals surface area contributed by atoms with Gasteiger partial charge in [-0.25, -0.2) is 0 Å². The number of anilines is 1. The molecule has 0 radical (unpaired) electrons. The van der Waals surface area contributed by atoms with Crippen LogP contribution in [0.5, 0.6) is 5.75 Å². The molecule has 2 aliphatic rings. The summed E-state index contributed by atoms with van der Waals surface area (Å²) in [5.41, 5.74) is 0.533. The van der Waals surface area contributed by atoms with Crippen LogP contribution in [0.1, 0.15) is 58.3 Å². The predicted molar refractivity (Wildman–Crippen MR) is 120 cm³/mol. The number of rotatable bonds is 8. The lowest BCUT2D eigenvalue weighted by Crippen LogP contribution is -2.34. The molecule has 1 saturated carbocycles. The summed E-state index contributed by atoms with van der Waals surface area (Å²) in [6.45, 7) is 2.16. The van der Waals surface area contributed by atoms with E-state index in [-0.39, 0.29) is 39.3 Å². The number of halogens is 2. The number of carbonyl (C=O) groups is 3. The van der Waals surface area contributed by atoms with Crippen molar-refractivity contribution in [3.8, 4) is 5.75 Å². The first-order chi connectivity index (χ1) is 13.9. The summed E-state index contributed by atoms with van der Waals surface area (Å²) in [6.07, 6.45) is 7.08. The van der Waals surface area contributed by atoms with Crippen LogP contribution in [-0.2, 0) is 14.4 Å². The summed E-state index contributed by atoms with van der Waals surface area (Å²) in [4.78, 5) is 39.3. The standard InChI is InChI=1S/C22H27Br2NO4/c1-2-3-4-5-6-7-20(26)29-15-10-8-14(9-11-15)25-21(27)16-12-18(23)19(24)13-17(16)22(25)28/h8-11,16-19H,2-7,12-13H2,1H3/t16-,17-,18-,19+/m1/s1. The first kappa shape index (κ1) is 22.5. The first-order valence-electron chi connectivity index (χ1n) is 10.4. The minimum atomic E-state index is -0.272. The van der Waals surface area contributed by atoms with Gasteiger partial charge in [0.15, 0.2) is 0 Å². The molecule has 1 aliphatic carbocycles. The fourth-order valence-electron chi connectivity index (χ4n) is 4.07. The molecule has 1 saturated heterocycles. The van der Waals surface area contributed by atoms with Crippen molar-refractivity contribution in [2.24, 2.45) is 11.8 Å². The van der Waals surface area contributed by atoms with Crippen LogP contribution in [0.4, 0.5) is 5.69 Å². The predicted octanol–water partition coefficient (Wildman–Crippen LogP) is 5.38. The monoisotopic (exact) mass is 527 g/mol. The normalized spacial score (nSPS) is 26.5. The Morgan fingerprint density at radius 3 is 2.07 bits per heavy atom. The van der Waals surface area contributed by atoms with E-state index in [1.54, 1.807) is 24.3 Å². The molecular formula is C22H27Br2NO4. The summed E-state index contributed by atoms with van der Waals surface area (Å²) >= 11 is 7.20. The van der Waals surface area contributed by atoms with Gasteiger partial charge in [-0.15, -0.1) is 0 Å².